The Kier molecular flexibility index (Phi) is 4.61. The highest BCUT2D eigenvalue weighted by molar-refractivity contribution is 8.00. The van der Waals surface area contributed by atoms with E-state index < -0.39 is 11.2 Å². The molecule has 2 heterocycles. The molecule has 1 atom stereocenters. The normalized spacial score (nSPS) is 12.2. The van der Waals surface area contributed by atoms with Crippen molar-refractivity contribution < 1.29 is 14.6 Å². The number of carboxylic acids is 1. The summed E-state index contributed by atoms with van der Waals surface area (Å²) in [5.74, 6) is -0.141. The molecule has 0 amide bonds. The Hall–Kier alpha value is -2.68. The topological polar surface area (TPSA) is 103 Å². The van der Waals surface area contributed by atoms with Crippen LogP contribution in [0.3, 0.4) is 0 Å². The summed E-state index contributed by atoms with van der Waals surface area (Å²) >= 11 is 1.15. The molecule has 1 N–H and O–H groups in total. The van der Waals surface area contributed by atoms with E-state index in [1.54, 1.807) is 11.8 Å². The third kappa shape index (κ3) is 3.02. The van der Waals surface area contributed by atoms with Crippen molar-refractivity contribution in [2.45, 2.75) is 23.6 Å². The summed E-state index contributed by atoms with van der Waals surface area (Å²) < 4.78 is 6.73. The van der Waals surface area contributed by atoms with Crippen LogP contribution < -0.4 is 4.74 Å². The average Bonchev–Trinajstić information content (AvgIpc) is 3.04. The number of thioether (sulfide) groups is 1. The number of fused-ring (bicyclic) bond motifs is 1. The molecular formula is C15H15N5O3S. The molecule has 1 aromatic carbocycles. The van der Waals surface area contributed by atoms with Crippen molar-refractivity contribution in [3.63, 3.8) is 0 Å². The van der Waals surface area contributed by atoms with Crippen LogP contribution in [0.1, 0.15) is 13.3 Å². The zero-order chi connectivity index (χ0) is 17.1. The van der Waals surface area contributed by atoms with Gasteiger partial charge in [0, 0.05) is 0 Å². The minimum Gasteiger partial charge on any atom is -0.497 e. The van der Waals surface area contributed by atoms with E-state index in [9.17, 15) is 9.90 Å². The molecule has 124 valence electrons. The molecule has 8 nitrogen and oxygen atoms in total. The van der Waals surface area contributed by atoms with E-state index in [2.05, 4.69) is 20.3 Å². The Bertz CT molecular complexity index is 865. The van der Waals surface area contributed by atoms with Crippen molar-refractivity contribution in [2.24, 2.45) is 0 Å². The summed E-state index contributed by atoms with van der Waals surface area (Å²) in [4.78, 5) is 19.6. The second kappa shape index (κ2) is 6.83. The fourth-order valence-electron chi connectivity index (χ4n) is 2.15. The molecule has 0 spiro atoms. The number of rotatable bonds is 6. The molecule has 0 bridgehead atoms. The largest absolute Gasteiger partial charge is 0.497 e. The van der Waals surface area contributed by atoms with Gasteiger partial charge in [-0.2, -0.15) is 4.68 Å². The minimum atomic E-state index is -0.878. The van der Waals surface area contributed by atoms with Gasteiger partial charge in [-0.3, -0.25) is 4.79 Å². The fourth-order valence-corrected chi connectivity index (χ4v) is 3.04. The molecule has 3 rings (SSSR count). The van der Waals surface area contributed by atoms with Gasteiger partial charge in [0.05, 0.1) is 12.8 Å². The van der Waals surface area contributed by atoms with Crippen molar-refractivity contribution in [2.75, 3.05) is 7.11 Å². The van der Waals surface area contributed by atoms with Gasteiger partial charge in [0.15, 0.2) is 11.2 Å². The molecule has 2 aromatic heterocycles. The number of carbonyl (C=O) groups is 1. The summed E-state index contributed by atoms with van der Waals surface area (Å²) in [6.07, 6.45) is 1.88. The van der Waals surface area contributed by atoms with Gasteiger partial charge in [0.1, 0.15) is 22.4 Å². The Morgan fingerprint density at radius 2 is 2.08 bits per heavy atom. The highest BCUT2D eigenvalue weighted by Gasteiger charge is 2.21. The molecule has 0 aliphatic carbocycles. The van der Waals surface area contributed by atoms with Gasteiger partial charge >= 0.3 is 5.97 Å². The van der Waals surface area contributed by atoms with Crippen molar-refractivity contribution >= 4 is 28.9 Å². The lowest BCUT2D eigenvalue weighted by atomic mass is 10.3. The third-order valence-corrected chi connectivity index (χ3v) is 4.76. The van der Waals surface area contributed by atoms with Gasteiger partial charge in [0.25, 0.3) is 0 Å². The van der Waals surface area contributed by atoms with Crippen LogP contribution in [0.2, 0.25) is 0 Å². The van der Waals surface area contributed by atoms with Crippen LogP contribution in [0.15, 0.2) is 35.6 Å². The summed E-state index contributed by atoms with van der Waals surface area (Å²) in [5, 5.41) is 17.4. The number of nitrogens with zero attached hydrogens (tertiary/aromatic N) is 5. The number of ether oxygens (including phenoxy) is 1. The first-order valence-electron chi connectivity index (χ1n) is 7.24. The van der Waals surface area contributed by atoms with Gasteiger partial charge in [-0.05, 0) is 30.7 Å². The predicted octanol–water partition coefficient (Wildman–Crippen LogP) is 2.17. The monoisotopic (exact) mass is 345 g/mol. The minimum absolute atomic E-state index is 0.484. The lowest BCUT2D eigenvalue weighted by molar-refractivity contribution is -0.136. The van der Waals surface area contributed by atoms with Gasteiger partial charge in [0.2, 0.25) is 0 Å². The van der Waals surface area contributed by atoms with Crippen LogP contribution in [-0.2, 0) is 4.79 Å². The van der Waals surface area contributed by atoms with Crippen LogP contribution in [-0.4, -0.2) is 48.4 Å². The first kappa shape index (κ1) is 16.2. The lowest BCUT2D eigenvalue weighted by Crippen LogP contribution is -2.15. The Morgan fingerprint density at radius 1 is 1.33 bits per heavy atom. The Balaban J connectivity index is 2.00. The second-order valence-corrected chi connectivity index (χ2v) is 6.09. The zero-order valence-corrected chi connectivity index (χ0v) is 13.9. The SMILES string of the molecule is CCC(Sc1ncnc2c1nnn2-c1ccc(OC)cc1)C(=O)O. The van der Waals surface area contributed by atoms with Crippen LogP contribution in [0.5, 0.6) is 5.75 Å². The molecule has 24 heavy (non-hydrogen) atoms. The van der Waals surface area contributed by atoms with Gasteiger partial charge in [-0.15, -0.1) is 5.10 Å². The molecule has 9 heteroatoms. The van der Waals surface area contributed by atoms with Crippen LogP contribution in [0, 0.1) is 0 Å². The summed E-state index contributed by atoms with van der Waals surface area (Å²) in [6, 6.07) is 7.32. The van der Waals surface area contributed by atoms with Crippen molar-refractivity contribution in [1.29, 1.82) is 0 Å². The second-order valence-electron chi connectivity index (χ2n) is 4.90. The molecule has 0 saturated heterocycles. The fraction of sp³-hybridized carbons (Fsp3) is 0.267. The van der Waals surface area contributed by atoms with Gasteiger partial charge < -0.3 is 9.84 Å². The van der Waals surface area contributed by atoms with Crippen LogP contribution in [0.25, 0.3) is 16.9 Å². The maximum absolute atomic E-state index is 11.2. The number of carboxylic acid groups (broad SMARTS) is 1. The van der Waals surface area contributed by atoms with Crippen molar-refractivity contribution in [1.82, 2.24) is 25.0 Å². The molecule has 0 aliphatic heterocycles. The number of benzene rings is 1. The standard InChI is InChI=1S/C15H15N5O3S/c1-3-11(15(21)22)24-14-12-13(16-8-17-14)20(19-18-12)9-4-6-10(23-2)7-5-9/h4-8,11H,3H2,1-2H3,(H,21,22). The number of hydrogen-bond acceptors (Lipinski definition) is 7. The highest BCUT2D eigenvalue weighted by Crippen LogP contribution is 2.29. The number of aliphatic carboxylic acids is 1. The molecule has 0 aliphatic rings. The maximum atomic E-state index is 11.2. The van der Waals surface area contributed by atoms with E-state index in [-0.39, 0.29) is 0 Å². The number of hydrogen-bond donors (Lipinski definition) is 1. The quantitative estimate of drug-likeness (QED) is 0.535. The van der Waals surface area contributed by atoms with Crippen molar-refractivity contribution in [3.05, 3.63) is 30.6 Å². The van der Waals surface area contributed by atoms with Crippen LogP contribution >= 0.6 is 11.8 Å². The first-order chi connectivity index (χ1) is 11.6. The molecule has 0 fully saturated rings. The summed E-state index contributed by atoms with van der Waals surface area (Å²) in [6.45, 7) is 1.82. The third-order valence-electron chi connectivity index (χ3n) is 3.42. The number of methoxy groups -OCH3 is 1. The molecular weight excluding hydrogens is 330 g/mol. The summed E-state index contributed by atoms with van der Waals surface area (Å²) in [5.41, 5.74) is 1.79. The van der Waals surface area contributed by atoms with E-state index in [0.29, 0.717) is 22.6 Å². The lowest BCUT2D eigenvalue weighted by Gasteiger charge is -2.08. The molecule has 0 radical (unpaired) electrons. The van der Waals surface area contributed by atoms with E-state index in [1.807, 2.05) is 31.2 Å². The van der Waals surface area contributed by atoms with Gasteiger partial charge in [-0.25, -0.2) is 9.97 Å². The predicted molar refractivity (Wildman–Crippen MR) is 88.6 cm³/mol. The van der Waals surface area contributed by atoms with E-state index in [0.717, 1.165) is 23.2 Å². The van der Waals surface area contributed by atoms with E-state index in [1.165, 1.54) is 6.33 Å². The van der Waals surface area contributed by atoms with E-state index in [4.69, 9.17) is 4.74 Å². The average molecular weight is 345 g/mol. The molecule has 1 unspecified atom stereocenters. The highest BCUT2D eigenvalue weighted by atomic mass is 32.2. The van der Waals surface area contributed by atoms with Gasteiger partial charge in [-0.1, -0.05) is 23.9 Å². The van der Waals surface area contributed by atoms with E-state index >= 15 is 0 Å². The van der Waals surface area contributed by atoms with Crippen molar-refractivity contribution in [3.8, 4) is 11.4 Å². The number of aromatic nitrogens is 5. The zero-order valence-electron chi connectivity index (χ0n) is 13.1. The smallest absolute Gasteiger partial charge is 0.317 e. The maximum Gasteiger partial charge on any atom is 0.317 e. The molecule has 3 aromatic rings. The first-order valence-corrected chi connectivity index (χ1v) is 8.12. The van der Waals surface area contributed by atoms with Crippen LogP contribution in [0.4, 0.5) is 0 Å². The summed E-state index contributed by atoms with van der Waals surface area (Å²) in [7, 11) is 1.60. The Morgan fingerprint density at radius 3 is 2.71 bits per heavy atom. The molecule has 0 saturated carbocycles. The Labute approximate surface area is 141 Å².